The molecule has 0 radical (unpaired) electrons. The molecule has 0 spiro atoms. The molecule has 0 aromatic rings. The van der Waals surface area contributed by atoms with E-state index in [4.69, 9.17) is 0 Å². The summed E-state index contributed by atoms with van der Waals surface area (Å²) in [6.45, 7) is 3.55. The average molecular weight is 204 g/mol. The van der Waals surface area contributed by atoms with Crippen LogP contribution in [0, 0.1) is 0 Å². The van der Waals surface area contributed by atoms with Crippen LogP contribution in [0.2, 0.25) is 0 Å². The van der Waals surface area contributed by atoms with Crippen LogP contribution >= 0.6 is 0 Å². The molecule has 0 aromatic heterocycles. The Kier molecular flexibility index (Phi) is 7.73. The van der Waals surface area contributed by atoms with Gasteiger partial charge in [0.1, 0.15) is 0 Å². The minimum Gasteiger partial charge on any atom is -0.207 e. The lowest BCUT2D eigenvalue weighted by molar-refractivity contribution is -0.0137. The first-order valence-electron chi connectivity index (χ1n) is 5.61. The lowest BCUT2D eigenvalue weighted by Crippen LogP contribution is -2.13. The van der Waals surface area contributed by atoms with Crippen LogP contribution in [-0.2, 0) is 0 Å². The van der Waals surface area contributed by atoms with E-state index in [1.165, 1.54) is 0 Å². The number of unbranched alkanes of at least 4 members (excludes halogenated alkanes) is 4. The number of allylic oxidation sites excluding steroid dienone is 2. The third-order valence-corrected chi connectivity index (χ3v) is 2.42. The molecule has 0 aliphatic heterocycles. The highest BCUT2D eigenvalue weighted by Gasteiger charge is 2.24. The fraction of sp³-hybridized carbons (Fsp3) is 0.833. The van der Waals surface area contributed by atoms with Gasteiger partial charge in [0.15, 0.2) is 0 Å². The van der Waals surface area contributed by atoms with Crippen molar-refractivity contribution in [2.45, 2.75) is 64.7 Å². The Bertz CT molecular complexity index is 150. The first kappa shape index (κ1) is 13.6. The van der Waals surface area contributed by atoms with Crippen molar-refractivity contribution in [3.63, 3.8) is 0 Å². The van der Waals surface area contributed by atoms with Crippen molar-refractivity contribution in [2.24, 2.45) is 0 Å². The van der Waals surface area contributed by atoms with Crippen LogP contribution in [0.25, 0.3) is 0 Å². The van der Waals surface area contributed by atoms with Crippen molar-refractivity contribution in [1.29, 1.82) is 0 Å². The van der Waals surface area contributed by atoms with Crippen LogP contribution in [0.3, 0.4) is 0 Å². The molecule has 0 heterocycles. The fourth-order valence-electron chi connectivity index (χ4n) is 1.34. The van der Waals surface area contributed by atoms with E-state index in [0.29, 0.717) is 6.42 Å². The van der Waals surface area contributed by atoms with Crippen molar-refractivity contribution in [2.75, 3.05) is 0 Å². The lowest BCUT2D eigenvalue weighted by Gasteiger charge is -2.12. The summed E-state index contributed by atoms with van der Waals surface area (Å²) in [4.78, 5) is 0. The van der Waals surface area contributed by atoms with Gasteiger partial charge in [0, 0.05) is 12.8 Å². The predicted molar refractivity (Wildman–Crippen MR) is 57.8 cm³/mol. The molecule has 0 unspecified atom stereocenters. The van der Waals surface area contributed by atoms with E-state index in [1.54, 1.807) is 6.92 Å². The molecule has 0 saturated heterocycles. The highest BCUT2D eigenvalue weighted by molar-refractivity contribution is 4.76. The maximum absolute atomic E-state index is 12.8. The Labute approximate surface area is 86.4 Å². The molecule has 0 atom stereocenters. The second-order valence-electron chi connectivity index (χ2n) is 3.73. The highest BCUT2D eigenvalue weighted by Crippen LogP contribution is 2.25. The summed E-state index contributed by atoms with van der Waals surface area (Å²) in [6.07, 6.45) is 9.08. The largest absolute Gasteiger partial charge is 0.247 e. The molecule has 0 N–H and O–H groups in total. The molecule has 2 heteroatoms. The van der Waals surface area contributed by atoms with Crippen molar-refractivity contribution in [3.05, 3.63) is 12.2 Å². The summed E-state index contributed by atoms with van der Waals surface area (Å²) < 4.78 is 25.5. The Morgan fingerprint density at radius 3 is 2.29 bits per heavy atom. The molecule has 0 aliphatic rings. The van der Waals surface area contributed by atoms with E-state index in [1.807, 2.05) is 13.0 Å². The zero-order valence-corrected chi connectivity index (χ0v) is 9.36. The summed E-state index contributed by atoms with van der Waals surface area (Å²) >= 11 is 0. The van der Waals surface area contributed by atoms with Crippen molar-refractivity contribution >= 4 is 0 Å². The number of hydrogen-bond acceptors (Lipinski definition) is 0. The summed E-state index contributed by atoms with van der Waals surface area (Å²) in [7, 11) is 0. The highest BCUT2D eigenvalue weighted by atomic mass is 19.3. The number of halogens is 2. The topological polar surface area (TPSA) is 0 Å². The standard InChI is InChI=1S/C12H22F2/c1-3-5-6-7-8-9-10-11-12(13,14)4-2/h3,5H,4,6-11H2,1-2H3/b5-3+. The van der Waals surface area contributed by atoms with Crippen molar-refractivity contribution < 1.29 is 8.78 Å². The van der Waals surface area contributed by atoms with Gasteiger partial charge in [0.2, 0.25) is 5.92 Å². The fourth-order valence-corrected chi connectivity index (χ4v) is 1.34. The zero-order chi connectivity index (χ0) is 10.9. The Hall–Kier alpha value is -0.400. The Morgan fingerprint density at radius 2 is 1.71 bits per heavy atom. The number of hydrogen-bond donors (Lipinski definition) is 0. The molecular weight excluding hydrogens is 182 g/mol. The van der Waals surface area contributed by atoms with Gasteiger partial charge < -0.3 is 0 Å². The van der Waals surface area contributed by atoms with E-state index in [-0.39, 0.29) is 12.8 Å². The van der Waals surface area contributed by atoms with Crippen LogP contribution in [0.4, 0.5) is 8.78 Å². The Morgan fingerprint density at radius 1 is 1.07 bits per heavy atom. The maximum atomic E-state index is 12.8. The van der Waals surface area contributed by atoms with E-state index in [9.17, 15) is 8.78 Å². The number of rotatable bonds is 8. The molecule has 0 aliphatic carbocycles. The minimum absolute atomic E-state index is 0.0222. The molecule has 0 nitrogen and oxygen atoms in total. The average Bonchev–Trinajstić information content (AvgIpc) is 2.16. The smallest absolute Gasteiger partial charge is 0.207 e. The summed E-state index contributed by atoms with van der Waals surface area (Å²) in [6, 6.07) is 0. The molecule has 0 aromatic carbocycles. The summed E-state index contributed by atoms with van der Waals surface area (Å²) in [5, 5.41) is 0. The molecule has 0 amide bonds. The molecule has 0 saturated carbocycles. The predicted octanol–water partition coefficient (Wildman–Crippen LogP) is 4.95. The van der Waals surface area contributed by atoms with Crippen LogP contribution in [-0.4, -0.2) is 5.92 Å². The second kappa shape index (κ2) is 7.95. The van der Waals surface area contributed by atoms with Gasteiger partial charge in [-0.25, -0.2) is 8.78 Å². The van der Waals surface area contributed by atoms with Crippen LogP contribution in [0.5, 0.6) is 0 Å². The second-order valence-corrected chi connectivity index (χ2v) is 3.73. The monoisotopic (exact) mass is 204 g/mol. The van der Waals surface area contributed by atoms with E-state index >= 15 is 0 Å². The normalized spacial score (nSPS) is 12.6. The summed E-state index contributed by atoms with van der Waals surface area (Å²) in [5.41, 5.74) is 0. The van der Waals surface area contributed by atoms with E-state index in [0.717, 1.165) is 25.7 Å². The SMILES string of the molecule is C/C=C/CCCCCCC(F)(F)CC. The van der Waals surface area contributed by atoms with Crippen LogP contribution < -0.4 is 0 Å². The van der Waals surface area contributed by atoms with Gasteiger partial charge in [-0.1, -0.05) is 31.9 Å². The minimum atomic E-state index is -2.43. The van der Waals surface area contributed by atoms with Gasteiger partial charge in [-0.15, -0.1) is 0 Å². The quantitative estimate of drug-likeness (QED) is 0.387. The first-order valence-corrected chi connectivity index (χ1v) is 5.61. The Balaban J connectivity index is 3.21. The van der Waals surface area contributed by atoms with E-state index in [2.05, 4.69) is 6.08 Å². The molecule has 14 heavy (non-hydrogen) atoms. The molecule has 0 fully saturated rings. The van der Waals surface area contributed by atoms with Gasteiger partial charge in [0.25, 0.3) is 0 Å². The first-order chi connectivity index (χ1) is 6.62. The van der Waals surface area contributed by atoms with Crippen LogP contribution in [0.15, 0.2) is 12.2 Å². The van der Waals surface area contributed by atoms with Crippen molar-refractivity contribution in [3.8, 4) is 0 Å². The van der Waals surface area contributed by atoms with Crippen LogP contribution in [0.1, 0.15) is 58.8 Å². The third kappa shape index (κ3) is 8.21. The van der Waals surface area contributed by atoms with Gasteiger partial charge >= 0.3 is 0 Å². The van der Waals surface area contributed by atoms with Gasteiger partial charge in [-0.3, -0.25) is 0 Å². The maximum Gasteiger partial charge on any atom is 0.247 e. The number of alkyl halides is 2. The lowest BCUT2D eigenvalue weighted by atomic mass is 10.1. The van der Waals surface area contributed by atoms with Crippen molar-refractivity contribution in [1.82, 2.24) is 0 Å². The summed E-state index contributed by atoms with van der Waals surface area (Å²) in [5.74, 6) is -2.43. The zero-order valence-electron chi connectivity index (χ0n) is 9.36. The van der Waals surface area contributed by atoms with E-state index < -0.39 is 5.92 Å². The van der Waals surface area contributed by atoms with Gasteiger partial charge in [-0.2, -0.15) is 0 Å². The molecule has 84 valence electrons. The van der Waals surface area contributed by atoms with Gasteiger partial charge in [-0.05, 0) is 26.2 Å². The van der Waals surface area contributed by atoms with Gasteiger partial charge in [0.05, 0.1) is 0 Å². The molecule has 0 bridgehead atoms. The molecule has 0 rings (SSSR count). The third-order valence-electron chi connectivity index (χ3n) is 2.42. The molecular formula is C12H22F2.